The topological polar surface area (TPSA) is 4.36 Å². The van der Waals surface area contributed by atoms with Gasteiger partial charge in [0, 0.05) is 0 Å². The zero-order valence-electron chi connectivity index (χ0n) is 49.0. The van der Waals surface area contributed by atoms with Crippen molar-refractivity contribution in [2.24, 2.45) is 0 Å². The van der Waals surface area contributed by atoms with Gasteiger partial charge in [0.1, 0.15) is 0 Å². The van der Waals surface area contributed by atoms with E-state index in [9.17, 15) is 0 Å². The average molecular weight is 1050 g/mol. The van der Waals surface area contributed by atoms with Crippen molar-refractivity contribution in [1.29, 1.82) is 0 Å². The van der Waals surface area contributed by atoms with Gasteiger partial charge in [0.25, 0.3) is 0 Å². The molecule has 0 aliphatic rings. The zero-order valence-corrected chi connectivity index (χ0v) is 49.0. The highest BCUT2D eigenvalue weighted by atomic mass is 14.6. The largest absolute Gasteiger partial charge is 0.238 e. The molecule has 0 fully saturated rings. The second-order valence-corrected chi connectivity index (χ2v) is 28.6. The number of nitrogens with zero attached hydrogens (tertiary/aromatic N) is 1. The monoisotopic (exact) mass is 1050 g/mol. The molecule has 1 heteroatoms. The lowest BCUT2D eigenvalue weighted by atomic mass is 9.76. The first-order valence-corrected chi connectivity index (χ1v) is 29.6. The molecule has 0 heterocycles. The van der Waals surface area contributed by atoms with Crippen LogP contribution in [0.5, 0.6) is 0 Å². The summed E-state index contributed by atoms with van der Waals surface area (Å²) in [6, 6.07) is 64.4. The summed E-state index contributed by atoms with van der Waals surface area (Å²) < 4.78 is 0. The third-order valence-corrected chi connectivity index (χ3v) is 19.7. The van der Waals surface area contributed by atoms with E-state index in [4.69, 9.17) is 6.57 Å². The van der Waals surface area contributed by atoms with Crippen LogP contribution in [0.1, 0.15) is 105 Å². The maximum Gasteiger partial charge on any atom is 0.194 e. The lowest BCUT2D eigenvalue weighted by Gasteiger charge is -2.28. The van der Waals surface area contributed by atoms with Crippen molar-refractivity contribution in [1.82, 2.24) is 0 Å². The molecule has 0 N–H and O–H groups in total. The van der Waals surface area contributed by atoms with Crippen molar-refractivity contribution in [2.45, 2.75) is 105 Å². The van der Waals surface area contributed by atoms with E-state index >= 15 is 0 Å². The first-order valence-electron chi connectivity index (χ1n) is 29.6. The number of hydrogen-bond donors (Lipinski definition) is 0. The van der Waals surface area contributed by atoms with Crippen molar-refractivity contribution in [2.75, 3.05) is 0 Å². The summed E-state index contributed by atoms with van der Waals surface area (Å²) in [5.74, 6) is 0. The maximum atomic E-state index is 8.47. The van der Waals surface area contributed by atoms with E-state index in [1.165, 1.54) is 190 Å². The van der Waals surface area contributed by atoms with E-state index < -0.39 is 0 Å². The SMILES string of the molecule is [C-]#[N+]c1ccc2c3c(-c4cc(C(C)(C)C)cc(C(C)(C)C)c4)c4c5ccc6c7ccc8c9c(ccc(c%10ccc(c4c(-c4cc(C(C)(C)C)cc(C(C)(C)C)c4)c3c3cccc1c32)c5c%106)c79)c1cc2cccc3c4ccccc4c(c23)c18. The highest BCUT2D eigenvalue weighted by Crippen LogP contribution is 2.60. The van der Waals surface area contributed by atoms with E-state index in [-0.39, 0.29) is 21.7 Å². The van der Waals surface area contributed by atoms with Crippen molar-refractivity contribution in [3.63, 3.8) is 0 Å². The minimum Gasteiger partial charge on any atom is -0.238 e. The molecule has 17 aromatic rings. The standard InChI is InChI=1S/C81H63N/c1-78(2,3)44-34-42(35-45(39-44)79(4,5)6)65-74-57-23-17-22-56-63(82-13)33-32-58(67(56)57)75(74)66(43-36-46(80(7,8)9)40-47(37-43)81(10,11)12)77-61-31-28-54-52-26-29-59-70-55(25-24-51(68(52)70)53-27-30-60(76(65)77)71(61)69(53)54)62-38-41-18-16-21-49-48-19-14-15-20-50(48)73(64(41)49)72(59)62/h14-40H,1-12H3. The highest BCUT2D eigenvalue weighted by molar-refractivity contribution is 6.52. The highest BCUT2D eigenvalue weighted by Gasteiger charge is 2.33. The van der Waals surface area contributed by atoms with Gasteiger partial charge in [0.05, 0.1) is 6.57 Å². The minimum absolute atomic E-state index is 0.105. The molecule has 0 saturated heterocycles. The summed E-state index contributed by atoms with van der Waals surface area (Å²) in [4.78, 5) is 4.17. The van der Waals surface area contributed by atoms with Crippen LogP contribution < -0.4 is 0 Å². The second kappa shape index (κ2) is 15.4. The zero-order chi connectivity index (χ0) is 56.2. The molecule has 0 aliphatic heterocycles. The fourth-order valence-corrected chi connectivity index (χ4v) is 15.7. The van der Waals surface area contributed by atoms with E-state index in [2.05, 4.69) is 252 Å². The van der Waals surface area contributed by atoms with Crippen molar-refractivity contribution < 1.29 is 0 Å². The maximum absolute atomic E-state index is 8.47. The van der Waals surface area contributed by atoms with Crippen LogP contribution in [0.25, 0.3) is 178 Å². The Balaban J connectivity index is 1.10. The summed E-state index contributed by atoms with van der Waals surface area (Å²) in [6.07, 6.45) is 0. The summed E-state index contributed by atoms with van der Waals surface area (Å²) in [5, 5.41) is 36.6. The Labute approximate surface area is 478 Å². The quantitative estimate of drug-likeness (QED) is 0.0923. The van der Waals surface area contributed by atoms with Crippen LogP contribution in [-0.2, 0) is 21.7 Å². The molecular weight excluding hydrogens is 987 g/mol. The van der Waals surface area contributed by atoms with Gasteiger partial charge in [-0.25, -0.2) is 4.85 Å². The van der Waals surface area contributed by atoms with Gasteiger partial charge in [0.15, 0.2) is 5.69 Å². The summed E-state index contributed by atoms with van der Waals surface area (Å²) >= 11 is 0. The molecule has 0 aromatic heterocycles. The van der Waals surface area contributed by atoms with Crippen molar-refractivity contribution >= 4 is 157 Å². The molecular formula is C81H63N. The third kappa shape index (κ3) is 6.02. The van der Waals surface area contributed by atoms with Crippen LogP contribution in [0.3, 0.4) is 0 Å². The van der Waals surface area contributed by atoms with Crippen LogP contribution in [0, 0.1) is 6.57 Å². The van der Waals surface area contributed by atoms with Crippen LogP contribution in [0.4, 0.5) is 5.69 Å². The van der Waals surface area contributed by atoms with Gasteiger partial charge in [0.2, 0.25) is 0 Å². The molecule has 0 saturated carbocycles. The number of rotatable bonds is 2. The van der Waals surface area contributed by atoms with Gasteiger partial charge in [-0.2, -0.15) is 0 Å². The normalized spacial score (nSPS) is 13.6. The van der Waals surface area contributed by atoms with Gasteiger partial charge in [-0.1, -0.05) is 241 Å². The van der Waals surface area contributed by atoms with E-state index in [1.54, 1.807) is 0 Å². The molecule has 0 unspecified atom stereocenters. The van der Waals surface area contributed by atoms with Crippen LogP contribution in [0.15, 0.2) is 164 Å². The smallest absolute Gasteiger partial charge is 0.194 e. The molecule has 17 aromatic carbocycles. The number of benzene rings is 13. The first kappa shape index (κ1) is 47.9. The Hall–Kier alpha value is -8.83. The number of fused-ring (bicyclic) bond motifs is 15. The summed E-state index contributed by atoms with van der Waals surface area (Å²) in [6.45, 7) is 36.8. The number of hydrogen-bond acceptors (Lipinski definition) is 0. The first-order chi connectivity index (χ1) is 39.2. The second-order valence-electron chi connectivity index (χ2n) is 28.6. The Morgan fingerprint density at radius 1 is 0.244 bits per heavy atom. The Bertz CT molecular complexity index is 5460. The minimum atomic E-state index is -0.105. The van der Waals surface area contributed by atoms with Crippen LogP contribution >= 0.6 is 0 Å². The van der Waals surface area contributed by atoms with Crippen LogP contribution in [0.2, 0.25) is 0 Å². The van der Waals surface area contributed by atoms with Crippen molar-refractivity contribution in [3.05, 3.63) is 197 Å². The fourth-order valence-electron chi connectivity index (χ4n) is 15.7. The van der Waals surface area contributed by atoms with Gasteiger partial charge >= 0.3 is 0 Å². The Morgan fingerprint density at radius 2 is 0.561 bits per heavy atom. The molecule has 0 spiro atoms. The van der Waals surface area contributed by atoms with Gasteiger partial charge in [-0.05, 0) is 223 Å². The fraction of sp³-hybridized carbons (Fsp3) is 0.198. The van der Waals surface area contributed by atoms with Gasteiger partial charge in [-0.3, -0.25) is 0 Å². The van der Waals surface area contributed by atoms with Gasteiger partial charge in [-0.15, -0.1) is 0 Å². The molecule has 0 amide bonds. The molecule has 82 heavy (non-hydrogen) atoms. The van der Waals surface area contributed by atoms with Crippen molar-refractivity contribution in [3.8, 4) is 22.3 Å². The van der Waals surface area contributed by atoms with E-state index in [0.29, 0.717) is 5.69 Å². The molecule has 0 atom stereocenters. The Kier molecular flexibility index (Phi) is 8.99. The molecule has 17 rings (SSSR count). The predicted octanol–water partition coefficient (Wildman–Crippen LogP) is 24.1. The molecule has 0 aliphatic carbocycles. The Morgan fingerprint density at radius 3 is 1.05 bits per heavy atom. The summed E-state index contributed by atoms with van der Waals surface area (Å²) in [7, 11) is 0. The molecule has 1 nitrogen and oxygen atoms in total. The lowest BCUT2D eigenvalue weighted by molar-refractivity contribution is 0.568. The summed E-state index contributed by atoms with van der Waals surface area (Å²) in [5.41, 5.74) is 10.7. The average Bonchev–Trinajstić information content (AvgIpc) is 4.36. The molecule has 0 bridgehead atoms. The van der Waals surface area contributed by atoms with E-state index in [1.807, 2.05) is 0 Å². The lowest BCUT2D eigenvalue weighted by Crippen LogP contribution is -2.16. The van der Waals surface area contributed by atoms with E-state index in [0.717, 1.165) is 5.39 Å². The third-order valence-electron chi connectivity index (χ3n) is 19.7. The molecule has 392 valence electrons. The molecule has 0 radical (unpaired) electrons. The van der Waals surface area contributed by atoms with Gasteiger partial charge < -0.3 is 0 Å². The van der Waals surface area contributed by atoms with Crippen LogP contribution in [-0.4, -0.2) is 0 Å². The predicted molar refractivity (Wildman–Crippen MR) is 359 cm³/mol.